The first-order chi connectivity index (χ1) is 7.93. The van der Waals surface area contributed by atoms with Gasteiger partial charge in [0.2, 0.25) is 0 Å². The Kier molecular flexibility index (Phi) is 3.70. The minimum absolute atomic E-state index is 0.165. The van der Waals surface area contributed by atoms with E-state index in [2.05, 4.69) is 4.74 Å². The second-order valence-corrected chi connectivity index (χ2v) is 3.12. The highest BCUT2D eigenvalue weighted by Gasteiger charge is 2.17. The summed E-state index contributed by atoms with van der Waals surface area (Å²) in [6, 6.07) is 3.04. The van der Waals surface area contributed by atoms with Gasteiger partial charge in [-0.2, -0.15) is 0 Å². The third-order valence-electron chi connectivity index (χ3n) is 1.96. The Morgan fingerprint density at radius 1 is 1.18 bits per heavy atom. The number of nitro groups is 2. The molecule has 8 heteroatoms. The molecule has 0 aliphatic carbocycles. The number of non-ortho nitro benzene ring substituents is 2. The zero-order valence-electron chi connectivity index (χ0n) is 8.78. The Bertz CT molecular complexity index is 452. The number of benzene rings is 1. The van der Waals surface area contributed by atoms with E-state index in [1.807, 2.05) is 0 Å². The maximum absolute atomic E-state index is 11.0. The van der Waals surface area contributed by atoms with Crippen LogP contribution in [0.2, 0.25) is 0 Å². The van der Waals surface area contributed by atoms with Crippen molar-refractivity contribution in [3.8, 4) is 0 Å². The lowest BCUT2D eigenvalue weighted by Crippen LogP contribution is -2.05. The Labute approximate surface area is 95.1 Å². The van der Waals surface area contributed by atoms with Crippen LogP contribution in [-0.2, 0) is 16.0 Å². The van der Waals surface area contributed by atoms with Crippen molar-refractivity contribution >= 4 is 17.3 Å². The molecule has 90 valence electrons. The van der Waals surface area contributed by atoms with Gasteiger partial charge >= 0.3 is 5.97 Å². The number of methoxy groups -OCH3 is 1. The normalized spacial score (nSPS) is 9.71. The molecule has 0 saturated heterocycles. The summed E-state index contributed by atoms with van der Waals surface area (Å²) in [5.41, 5.74) is -0.700. The van der Waals surface area contributed by atoms with Gasteiger partial charge in [-0.3, -0.25) is 25.0 Å². The fourth-order valence-corrected chi connectivity index (χ4v) is 1.21. The predicted octanol–water partition coefficient (Wildman–Crippen LogP) is 1.22. The van der Waals surface area contributed by atoms with Crippen molar-refractivity contribution < 1.29 is 19.4 Å². The quantitative estimate of drug-likeness (QED) is 0.444. The van der Waals surface area contributed by atoms with Crippen LogP contribution in [0.25, 0.3) is 0 Å². The van der Waals surface area contributed by atoms with Crippen LogP contribution < -0.4 is 0 Å². The number of nitrogens with zero attached hydrogens (tertiary/aromatic N) is 2. The molecule has 0 unspecified atom stereocenters. The van der Waals surface area contributed by atoms with Gasteiger partial charge in [0.1, 0.15) is 0 Å². The summed E-state index contributed by atoms with van der Waals surface area (Å²) in [6.07, 6.45) is -0.251. The number of hydrogen-bond acceptors (Lipinski definition) is 6. The van der Waals surface area contributed by atoms with Crippen LogP contribution in [0.4, 0.5) is 11.4 Å². The van der Waals surface area contributed by atoms with Crippen LogP contribution in [0.1, 0.15) is 5.56 Å². The smallest absolute Gasteiger partial charge is 0.309 e. The molecular formula is C9H8N2O6. The SMILES string of the molecule is COC(=O)Cc1cc([N+](=O)[O-])cc([N+](=O)[O-])c1. The van der Waals surface area contributed by atoms with Gasteiger partial charge in [0, 0.05) is 12.1 Å². The van der Waals surface area contributed by atoms with Gasteiger partial charge in [-0.25, -0.2) is 0 Å². The summed E-state index contributed by atoms with van der Waals surface area (Å²) < 4.78 is 4.38. The predicted molar refractivity (Wildman–Crippen MR) is 55.5 cm³/mol. The summed E-state index contributed by atoms with van der Waals surface area (Å²) in [5.74, 6) is -0.625. The Hall–Kier alpha value is -2.51. The van der Waals surface area contributed by atoms with Crippen molar-refractivity contribution in [3.05, 3.63) is 44.0 Å². The van der Waals surface area contributed by atoms with E-state index in [-0.39, 0.29) is 12.0 Å². The second kappa shape index (κ2) is 5.01. The number of esters is 1. The van der Waals surface area contributed by atoms with Gasteiger partial charge in [0.15, 0.2) is 0 Å². The third-order valence-corrected chi connectivity index (χ3v) is 1.96. The van der Waals surface area contributed by atoms with Gasteiger partial charge in [0.05, 0.1) is 29.4 Å². The minimum Gasteiger partial charge on any atom is -0.469 e. The van der Waals surface area contributed by atoms with E-state index in [0.29, 0.717) is 0 Å². The minimum atomic E-state index is -0.756. The lowest BCUT2D eigenvalue weighted by molar-refractivity contribution is -0.394. The molecule has 0 N–H and O–H groups in total. The van der Waals surface area contributed by atoms with E-state index in [1.165, 1.54) is 0 Å². The molecule has 8 nitrogen and oxygen atoms in total. The average Bonchev–Trinajstić information content (AvgIpc) is 2.28. The first-order valence-electron chi connectivity index (χ1n) is 4.43. The highest BCUT2D eigenvalue weighted by molar-refractivity contribution is 5.73. The third kappa shape index (κ3) is 3.23. The Morgan fingerprint density at radius 3 is 2.00 bits per heavy atom. The van der Waals surface area contributed by atoms with Gasteiger partial charge in [-0.1, -0.05) is 0 Å². The zero-order chi connectivity index (χ0) is 13.0. The number of ether oxygens (including phenoxy) is 1. The van der Waals surface area contributed by atoms with Crippen molar-refractivity contribution in [2.24, 2.45) is 0 Å². The molecule has 0 saturated carbocycles. The number of nitro benzene ring substituents is 2. The Morgan fingerprint density at radius 2 is 1.65 bits per heavy atom. The molecule has 0 bridgehead atoms. The summed E-state index contributed by atoms with van der Waals surface area (Å²) in [7, 11) is 1.16. The monoisotopic (exact) mass is 240 g/mol. The van der Waals surface area contributed by atoms with Crippen LogP contribution in [0, 0.1) is 20.2 Å². The van der Waals surface area contributed by atoms with Crippen LogP contribution in [0.15, 0.2) is 18.2 Å². The van der Waals surface area contributed by atoms with Crippen molar-refractivity contribution in [1.82, 2.24) is 0 Å². The zero-order valence-corrected chi connectivity index (χ0v) is 8.78. The van der Waals surface area contributed by atoms with Crippen molar-refractivity contribution in [1.29, 1.82) is 0 Å². The van der Waals surface area contributed by atoms with Gasteiger partial charge in [-0.15, -0.1) is 0 Å². The number of carbonyl (C=O) groups is 1. The van der Waals surface area contributed by atoms with E-state index in [9.17, 15) is 25.0 Å². The van der Waals surface area contributed by atoms with E-state index in [0.717, 1.165) is 25.3 Å². The number of hydrogen-bond donors (Lipinski definition) is 0. The maximum Gasteiger partial charge on any atom is 0.309 e. The molecule has 0 atom stereocenters. The molecule has 1 rings (SSSR count). The first kappa shape index (κ1) is 12.6. The van der Waals surface area contributed by atoms with E-state index < -0.39 is 27.2 Å². The Balaban J connectivity index is 3.16. The molecule has 1 aromatic carbocycles. The lowest BCUT2D eigenvalue weighted by atomic mass is 10.1. The molecule has 0 radical (unpaired) electrons. The summed E-state index contributed by atoms with van der Waals surface area (Å²) >= 11 is 0. The highest BCUT2D eigenvalue weighted by Crippen LogP contribution is 2.23. The standard InChI is InChI=1S/C9H8N2O6/c1-17-9(12)4-6-2-7(10(13)14)5-8(3-6)11(15)16/h2-3,5H,4H2,1H3. The summed E-state index contributed by atoms with van der Waals surface area (Å²) in [4.78, 5) is 30.6. The lowest BCUT2D eigenvalue weighted by Gasteiger charge is -2.00. The molecule has 0 heterocycles. The van der Waals surface area contributed by atoms with Crippen molar-refractivity contribution in [3.63, 3.8) is 0 Å². The molecule has 0 amide bonds. The largest absolute Gasteiger partial charge is 0.469 e. The molecule has 0 spiro atoms. The molecule has 0 aliphatic heterocycles. The van der Waals surface area contributed by atoms with Gasteiger partial charge < -0.3 is 4.74 Å². The van der Waals surface area contributed by atoms with Gasteiger partial charge in [-0.05, 0) is 5.56 Å². The summed E-state index contributed by atoms with van der Waals surface area (Å²) in [5, 5.41) is 21.1. The van der Waals surface area contributed by atoms with E-state index in [1.54, 1.807) is 0 Å². The van der Waals surface area contributed by atoms with Crippen LogP contribution >= 0.6 is 0 Å². The topological polar surface area (TPSA) is 113 Å². The maximum atomic E-state index is 11.0. The van der Waals surface area contributed by atoms with Crippen LogP contribution in [0.5, 0.6) is 0 Å². The van der Waals surface area contributed by atoms with Crippen LogP contribution in [0.3, 0.4) is 0 Å². The average molecular weight is 240 g/mol. The fourth-order valence-electron chi connectivity index (χ4n) is 1.21. The van der Waals surface area contributed by atoms with Crippen molar-refractivity contribution in [2.45, 2.75) is 6.42 Å². The fraction of sp³-hybridized carbons (Fsp3) is 0.222. The first-order valence-corrected chi connectivity index (χ1v) is 4.43. The summed E-state index contributed by atoms with van der Waals surface area (Å²) in [6.45, 7) is 0. The van der Waals surface area contributed by atoms with E-state index >= 15 is 0 Å². The highest BCUT2D eigenvalue weighted by atomic mass is 16.6. The number of rotatable bonds is 4. The van der Waals surface area contributed by atoms with Crippen LogP contribution in [-0.4, -0.2) is 22.9 Å². The molecule has 17 heavy (non-hydrogen) atoms. The molecule has 0 aromatic heterocycles. The number of carbonyl (C=O) groups excluding carboxylic acids is 1. The molecule has 0 fully saturated rings. The van der Waals surface area contributed by atoms with E-state index in [4.69, 9.17) is 0 Å². The molecule has 0 aliphatic rings. The van der Waals surface area contributed by atoms with Crippen molar-refractivity contribution in [2.75, 3.05) is 7.11 Å². The second-order valence-electron chi connectivity index (χ2n) is 3.12. The molecule has 1 aromatic rings. The molecular weight excluding hydrogens is 232 g/mol. The van der Waals surface area contributed by atoms with Gasteiger partial charge in [0.25, 0.3) is 11.4 Å².